The second-order valence-electron chi connectivity index (χ2n) is 5.12. The van der Waals surface area contributed by atoms with E-state index in [2.05, 4.69) is 30.6 Å². The lowest BCUT2D eigenvalue weighted by Gasteiger charge is -2.15. The van der Waals surface area contributed by atoms with E-state index in [-0.39, 0.29) is 0 Å². The molecule has 0 unspecified atom stereocenters. The van der Waals surface area contributed by atoms with E-state index in [1.807, 2.05) is 30.3 Å². The molecule has 2 N–H and O–H groups in total. The third-order valence-electron chi connectivity index (χ3n) is 3.30. The van der Waals surface area contributed by atoms with Gasteiger partial charge in [0, 0.05) is 13.1 Å². The molecule has 1 rings (SSSR count). The average Bonchev–Trinajstić information content (AvgIpc) is 2.55. The summed E-state index contributed by atoms with van der Waals surface area (Å²) in [5.41, 5.74) is 2.34. The van der Waals surface area contributed by atoms with Gasteiger partial charge in [-0.2, -0.15) is 5.26 Å². The van der Waals surface area contributed by atoms with Gasteiger partial charge in [0.2, 0.25) is 0 Å². The second-order valence-corrected chi connectivity index (χ2v) is 5.53. The largest absolute Gasteiger partial charge is 0.383 e. The molecule has 4 heteroatoms. The van der Waals surface area contributed by atoms with Crippen LogP contribution in [0.3, 0.4) is 0 Å². The Kier molecular flexibility index (Phi) is 8.94. The Morgan fingerprint density at radius 3 is 2.18 bits per heavy atom. The molecule has 1 aromatic carbocycles. The molecule has 118 valence electrons. The van der Waals surface area contributed by atoms with Gasteiger partial charge in [-0.3, -0.25) is 0 Å². The van der Waals surface area contributed by atoms with Crippen molar-refractivity contribution in [1.82, 2.24) is 10.6 Å². The summed E-state index contributed by atoms with van der Waals surface area (Å²) in [5.74, 6) is 0. The van der Waals surface area contributed by atoms with Crippen LogP contribution in [-0.4, -0.2) is 18.1 Å². The highest BCUT2D eigenvalue weighted by atomic mass is 32.1. The Balaban J connectivity index is 3.02. The van der Waals surface area contributed by atoms with Gasteiger partial charge >= 0.3 is 0 Å². The SMILES string of the molecule is CCCCNC(=S)C(C#N)=C(NCCCC)c1ccccc1. The van der Waals surface area contributed by atoms with Crippen LogP contribution in [0.5, 0.6) is 0 Å². The molecular formula is C18H25N3S. The van der Waals surface area contributed by atoms with Crippen molar-refractivity contribution in [3.05, 3.63) is 41.5 Å². The lowest BCUT2D eigenvalue weighted by molar-refractivity contribution is 0.742. The van der Waals surface area contributed by atoms with Gasteiger partial charge in [-0.05, 0) is 18.4 Å². The van der Waals surface area contributed by atoms with Crippen molar-refractivity contribution in [3.8, 4) is 6.07 Å². The number of rotatable bonds is 9. The highest BCUT2D eigenvalue weighted by Gasteiger charge is 2.13. The summed E-state index contributed by atoms with van der Waals surface area (Å²) in [6, 6.07) is 12.2. The van der Waals surface area contributed by atoms with Crippen molar-refractivity contribution in [2.45, 2.75) is 39.5 Å². The third-order valence-corrected chi connectivity index (χ3v) is 3.65. The molecule has 0 aliphatic rings. The minimum Gasteiger partial charge on any atom is -0.383 e. The number of unbranched alkanes of at least 4 members (excludes halogenated alkanes) is 2. The first-order chi connectivity index (χ1) is 10.7. The molecule has 1 aromatic rings. The van der Waals surface area contributed by atoms with Crippen LogP contribution >= 0.6 is 12.2 Å². The maximum atomic E-state index is 9.57. The molecule has 0 aliphatic heterocycles. The van der Waals surface area contributed by atoms with Crippen LogP contribution in [0.15, 0.2) is 35.9 Å². The van der Waals surface area contributed by atoms with Crippen molar-refractivity contribution < 1.29 is 0 Å². The Labute approximate surface area is 139 Å². The van der Waals surface area contributed by atoms with E-state index < -0.39 is 0 Å². The van der Waals surface area contributed by atoms with E-state index in [0.29, 0.717) is 10.6 Å². The van der Waals surface area contributed by atoms with Crippen molar-refractivity contribution in [3.63, 3.8) is 0 Å². The Morgan fingerprint density at radius 2 is 1.64 bits per heavy atom. The summed E-state index contributed by atoms with van der Waals surface area (Å²) in [6.45, 7) is 5.92. The number of nitriles is 1. The van der Waals surface area contributed by atoms with Gasteiger partial charge in [0.05, 0.1) is 5.70 Å². The molecule has 0 atom stereocenters. The monoisotopic (exact) mass is 315 g/mol. The maximum Gasteiger partial charge on any atom is 0.119 e. The minimum atomic E-state index is 0.522. The minimum absolute atomic E-state index is 0.522. The molecule has 0 saturated heterocycles. The van der Waals surface area contributed by atoms with Gasteiger partial charge in [0.1, 0.15) is 16.6 Å². The number of hydrogen-bond donors (Lipinski definition) is 2. The number of nitrogens with zero attached hydrogens (tertiary/aromatic N) is 1. The zero-order chi connectivity index (χ0) is 16.2. The molecule has 3 nitrogen and oxygen atoms in total. The Hall–Kier alpha value is -1.86. The molecular weight excluding hydrogens is 290 g/mol. The summed E-state index contributed by atoms with van der Waals surface area (Å²) >= 11 is 5.41. The van der Waals surface area contributed by atoms with Crippen molar-refractivity contribution in [2.75, 3.05) is 13.1 Å². The highest BCUT2D eigenvalue weighted by molar-refractivity contribution is 7.80. The third kappa shape index (κ3) is 5.87. The maximum absolute atomic E-state index is 9.57. The molecule has 22 heavy (non-hydrogen) atoms. The first-order valence-electron chi connectivity index (χ1n) is 7.96. The second kappa shape index (κ2) is 10.8. The number of thiocarbonyl (C=S) groups is 1. The van der Waals surface area contributed by atoms with Crippen LogP contribution < -0.4 is 10.6 Å². The van der Waals surface area contributed by atoms with Gasteiger partial charge in [-0.25, -0.2) is 0 Å². The lowest BCUT2D eigenvalue weighted by Crippen LogP contribution is -2.27. The fraction of sp³-hybridized carbons (Fsp3) is 0.444. The number of nitrogens with one attached hydrogen (secondary N) is 2. The molecule has 0 radical (unpaired) electrons. The smallest absolute Gasteiger partial charge is 0.119 e. The fourth-order valence-electron chi connectivity index (χ4n) is 2.02. The fourth-order valence-corrected chi connectivity index (χ4v) is 2.27. The standard InChI is InChI=1S/C18H25N3S/c1-3-5-12-20-17(15-10-8-7-9-11-15)16(14-19)18(22)21-13-6-4-2/h7-11,20H,3-6,12-13H2,1-2H3,(H,21,22). The average molecular weight is 315 g/mol. The van der Waals surface area contributed by atoms with E-state index in [0.717, 1.165) is 50.0 Å². The molecule has 0 saturated carbocycles. The van der Waals surface area contributed by atoms with Crippen LogP contribution in [-0.2, 0) is 0 Å². The number of benzene rings is 1. The van der Waals surface area contributed by atoms with Crippen LogP contribution in [0, 0.1) is 11.3 Å². The van der Waals surface area contributed by atoms with Crippen LogP contribution in [0.4, 0.5) is 0 Å². The molecule has 0 aliphatic carbocycles. The summed E-state index contributed by atoms with van der Waals surface area (Å²) in [4.78, 5) is 0.527. The number of hydrogen-bond acceptors (Lipinski definition) is 3. The van der Waals surface area contributed by atoms with Crippen molar-refractivity contribution >= 4 is 22.9 Å². The predicted molar refractivity (Wildman–Crippen MR) is 97.4 cm³/mol. The van der Waals surface area contributed by atoms with Gasteiger partial charge in [-0.15, -0.1) is 0 Å². The molecule has 0 amide bonds. The summed E-state index contributed by atoms with van der Waals surface area (Å²) < 4.78 is 0. The van der Waals surface area contributed by atoms with Crippen molar-refractivity contribution in [1.29, 1.82) is 5.26 Å². The quantitative estimate of drug-likeness (QED) is 0.313. The van der Waals surface area contributed by atoms with Gasteiger partial charge in [0.25, 0.3) is 0 Å². The van der Waals surface area contributed by atoms with Gasteiger partial charge in [0.15, 0.2) is 0 Å². The Bertz CT molecular complexity index is 529. The Morgan fingerprint density at radius 1 is 1.05 bits per heavy atom. The molecule has 0 spiro atoms. The summed E-state index contributed by atoms with van der Waals surface area (Å²) in [5, 5.41) is 16.1. The van der Waals surface area contributed by atoms with Crippen molar-refractivity contribution in [2.24, 2.45) is 0 Å². The topological polar surface area (TPSA) is 47.9 Å². The predicted octanol–water partition coefficient (Wildman–Crippen LogP) is 4.03. The van der Waals surface area contributed by atoms with E-state index in [4.69, 9.17) is 12.2 Å². The van der Waals surface area contributed by atoms with E-state index >= 15 is 0 Å². The first-order valence-corrected chi connectivity index (χ1v) is 8.37. The van der Waals surface area contributed by atoms with E-state index in [1.165, 1.54) is 0 Å². The first kappa shape index (κ1) is 18.2. The van der Waals surface area contributed by atoms with Crippen LogP contribution in [0.25, 0.3) is 5.70 Å². The lowest BCUT2D eigenvalue weighted by atomic mass is 10.1. The molecule has 0 heterocycles. The van der Waals surface area contributed by atoms with Crippen LogP contribution in [0.2, 0.25) is 0 Å². The van der Waals surface area contributed by atoms with E-state index in [9.17, 15) is 5.26 Å². The summed E-state index contributed by atoms with van der Waals surface area (Å²) in [6.07, 6.45) is 4.31. The molecule has 0 fully saturated rings. The van der Waals surface area contributed by atoms with Gasteiger partial charge < -0.3 is 10.6 Å². The van der Waals surface area contributed by atoms with Crippen LogP contribution in [0.1, 0.15) is 45.1 Å². The zero-order valence-corrected chi connectivity index (χ0v) is 14.3. The normalized spacial score (nSPS) is 11.3. The van der Waals surface area contributed by atoms with E-state index in [1.54, 1.807) is 0 Å². The molecule has 0 bridgehead atoms. The highest BCUT2D eigenvalue weighted by Crippen LogP contribution is 2.17. The zero-order valence-electron chi connectivity index (χ0n) is 13.5. The molecule has 0 aromatic heterocycles. The summed E-state index contributed by atoms with van der Waals surface area (Å²) in [7, 11) is 0. The van der Waals surface area contributed by atoms with Gasteiger partial charge in [-0.1, -0.05) is 69.2 Å².